The van der Waals surface area contributed by atoms with E-state index in [0.717, 1.165) is 29.7 Å². The van der Waals surface area contributed by atoms with Gasteiger partial charge in [-0.1, -0.05) is 26.2 Å². The lowest BCUT2D eigenvalue weighted by Crippen LogP contribution is -2.21. The van der Waals surface area contributed by atoms with Crippen LogP contribution in [0.5, 0.6) is 0 Å². The number of rotatable bonds is 4. The van der Waals surface area contributed by atoms with Crippen molar-refractivity contribution >= 4 is 17.0 Å². The highest BCUT2D eigenvalue weighted by Gasteiger charge is 2.19. The predicted octanol–water partition coefficient (Wildman–Crippen LogP) is 3.65. The molecule has 2 heterocycles. The van der Waals surface area contributed by atoms with E-state index in [9.17, 15) is 0 Å². The van der Waals surface area contributed by atoms with Crippen LogP contribution in [-0.4, -0.2) is 21.5 Å². The molecule has 1 aliphatic rings. The van der Waals surface area contributed by atoms with Crippen LogP contribution >= 0.6 is 0 Å². The lowest BCUT2D eigenvalue weighted by molar-refractivity contribution is 0.278. The fourth-order valence-electron chi connectivity index (χ4n) is 3.05. The van der Waals surface area contributed by atoms with Crippen LogP contribution in [0.4, 0.5) is 5.82 Å². The van der Waals surface area contributed by atoms with E-state index in [1.54, 1.807) is 12.4 Å². The van der Waals surface area contributed by atoms with Gasteiger partial charge in [-0.15, -0.1) is 0 Å². The molecule has 0 bridgehead atoms. The summed E-state index contributed by atoms with van der Waals surface area (Å²) in [4.78, 5) is 13.0. The highest BCUT2D eigenvalue weighted by Crippen LogP contribution is 2.30. The van der Waals surface area contributed by atoms with Crippen molar-refractivity contribution in [2.45, 2.75) is 39.0 Å². The van der Waals surface area contributed by atoms with Crippen molar-refractivity contribution in [1.82, 2.24) is 15.0 Å². The molecule has 106 valence electrons. The molecule has 0 aliphatic heterocycles. The molecular weight excluding hydrogens is 248 g/mol. The Morgan fingerprint density at radius 1 is 1.05 bits per heavy atom. The number of aromatic nitrogens is 3. The van der Waals surface area contributed by atoms with Gasteiger partial charge in [0, 0.05) is 18.9 Å². The Bertz CT molecular complexity index is 561. The number of nitrogens with zero attached hydrogens (tertiary/aromatic N) is 3. The Balaban J connectivity index is 1.57. The Morgan fingerprint density at radius 2 is 1.80 bits per heavy atom. The molecule has 1 aliphatic carbocycles. The second kappa shape index (κ2) is 6.16. The number of hydrogen-bond acceptors (Lipinski definition) is 4. The summed E-state index contributed by atoms with van der Waals surface area (Å²) in [5.74, 6) is 2.66. The van der Waals surface area contributed by atoms with Gasteiger partial charge in [-0.25, -0.2) is 9.97 Å². The molecule has 1 fully saturated rings. The third-order valence-corrected chi connectivity index (χ3v) is 4.45. The Kier molecular flexibility index (Phi) is 4.09. The van der Waals surface area contributed by atoms with Crippen LogP contribution in [0, 0.1) is 11.8 Å². The van der Waals surface area contributed by atoms with E-state index >= 15 is 0 Å². The van der Waals surface area contributed by atoms with Crippen LogP contribution in [-0.2, 0) is 0 Å². The first kappa shape index (κ1) is 13.3. The van der Waals surface area contributed by atoms with Gasteiger partial charge in [0.15, 0.2) is 5.65 Å². The zero-order valence-corrected chi connectivity index (χ0v) is 12.0. The first-order chi connectivity index (χ1) is 9.85. The van der Waals surface area contributed by atoms with Gasteiger partial charge in [-0.2, -0.15) is 0 Å². The third-order valence-electron chi connectivity index (χ3n) is 4.45. The number of nitrogens with one attached hydrogen (secondary N) is 1. The molecule has 0 spiro atoms. The summed E-state index contributed by atoms with van der Waals surface area (Å²) in [6, 6.07) is 3.97. The minimum Gasteiger partial charge on any atom is -0.370 e. The topological polar surface area (TPSA) is 50.7 Å². The van der Waals surface area contributed by atoms with Gasteiger partial charge in [0.05, 0.1) is 0 Å². The van der Waals surface area contributed by atoms with Gasteiger partial charge in [-0.3, -0.25) is 4.98 Å². The molecule has 4 nitrogen and oxygen atoms in total. The van der Waals surface area contributed by atoms with Crippen LogP contribution in [0.1, 0.15) is 39.0 Å². The summed E-state index contributed by atoms with van der Waals surface area (Å²) >= 11 is 0. The number of fused-ring (bicyclic) bond motifs is 1. The van der Waals surface area contributed by atoms with Crippen LogP contribution in [0.2, 0.25) is 0 Å². The lowest BCUT2D eigenvalue weighted by atomic mass is 9.81. The monoisotopic (exact) mass is 270 g/mol. The van der Waals surface area contributed by atoms with E-state index in [2.05, 4.69) is 27.2 Å². The van der Waals surface area contributed by atoms with Crippen molar-refractivity contribution in [2.24, 2.45) is 11.8 Å². The summed E-state index contributed by atoms with van der Waals surface area (Å²) in [6.45, 7) is 3.33. The normalized spacial score (nSPS) is 22.9. The highest BCUT2D eigenvalue weighted by molar-refractivity contribution is 5.71. The SMILES string of the molecule is CCC1CCC(CNc2ccc3nccnc3n2)CC1. The third kappa shape index (κ3) is 3.06. The van der Waals surface area contributed by atoms with Crippen molar-refractivity contribution < 1.29 is 0 Å². The molecule has 1 N–H and O–H groups in total. The minimum absolute atomic E-state index is 0.715. The largest absolute Gasteiger partial charge is 0.370 e. The molecule has 1 saturated carbocycles. The second-order valence-corrected chi connectivity index (χ2v) is 5.77. The number of anilines is 1. The molecule has 3 rings (SSSR count). The molecule has 20 heavy (non-hydrogen) atoms. The molecule has 2 aromatic rings. The smallest absolute Gasteiger partial charge is 0.180 e. The quantitative estimate of drug-likeness (QED) is 0.921. The summed E-state index contributed by atoms with van der Waals surface area (Å²) < 4.78 is 0. The van der Waals surface area contributed by atoms with Gasteiger partial charge < -0.3 is 5.32 Å². The fraction of sp³-hybridized carbons (Fsp3) is 0.562. The molecule has 0 saturated heterocycles. The zero-order chi connectivity index (χ0) is 13.8. The van der Waals surface area contributed by atoms with Crippen molar-refractivity contribution in [3.8, 4) is 0 Å². The summed E-state index contributed by atoms with van der Waals surface area (Å²) in [5.41, 5.74) is 1.56. The van der Waals surface area contributed by atoms with E-state index in [0.29, 0.717) is 5.65 Å². The maximum Gasteiger partial charge on any atom is 0.180 e. The molecule has 0 aromatic carbocycles. The average molecular weight is 270 g/mol. The Morgan fingerprint density at radius 3 is 2.60 bits per heavy atom. The van der Waals surface area contributed by atoms with Crippen LogP contribution in [0.3, 0.4) is 0 Å². The van der Waals surface area contributed by atoms with Crippen molar-refractivity contribution in [3.63, 3.8) is 0 Å². The van der Waals surface area contributed by atoms with E-state index in [1.165, 1.54) is 32.1 Å². The Labute approximate surface area is 120 Å². The van der Waals surface area contributed by atoms with Crippen molar-refractivity contribution in [2.75, 3.05) is 11.9 Å². The molecule has 0 atom stereocenters. The summed E-state index contributed by atoms with van der Waals surface area (Å²) in [7, 11) is 0. The molecule has 0 amide bonds. The van der Waals surface area contributed by atoms with Gasteiger partial charge in [0.2, 0.25) is 0 Å². The van der Waals surface area contributed by atoms with Crippen LogP contribution < -0.4 is 5.32 Å². The van der Waals surface area contributed by atoms with Gasteiger partial charge >= 0.3 is 0 Å². The summed E-state index contributed by atoms with van der Waals surface area (Å²) in [6.07, 6.45) is 10.2. The maximum atomic E-state index is 4.51. The lowest BCUT2D eigenvalue weighted by Gasteiger charge is -2.27. The molecule has 0 unspecified atom stereocenters. The van der Waals surface area contributed by atoms with E-state index in [4.69, 9.17) is 0 Å². The number of pyridine rings is 1. The minimum atomic E-state index is 0.715. The molecule has 4 heteroatoms. The van der Waals surface area contributed by atoms with Crippen LogP contribution in [0.25, 0.3) is 11.2 Å². The zero-order valence-electron chi connectivity index (χ0n) is 12.0. The standard InChI is InChI=1S/C16H22N4/c1-2-12-3-5-13(6-4-12)11-19-15-8-7-14-16(20-15)18-10-9-17-14/h7-10,12-13H,2-6,11H2,1H3,(H,18,19,20). The van der Waals surface area contributed by atoms with E-state index in [1.807, 2.05) is 12.1 Å². The van der Waals surface area contributed by atoms with E-state index in [-0.39, 0.29) is 0 Å². The van der Waals surface area contributed by atoms with Gasteiger partial charge in [-0.05, 0) is 36.8 Å². The van der Waals surface area contributed by atoms with Crippen LogP contribution in [0.15, 0.2) is 24.5 Å². The first-order valence-corrected chi connectivity index (χ1v) is 7.66. The highest BCUT2D eigenvalue weighted by atomic mass is 15.0. The second-order valence-electron chi connectivity index (χ2n) is 5.77. The average Bonchev–Trinajstić information content (AvgIpc) is 2.53. The molecular formula is C16H22N4. The van der Waals surface area contributed by atoms with Gasteiger partial charge in [0.1, 0.15) is 11.3 Å². The van der Waals surface area contributed by atoms with E-state index < -0.39 is 0 Å². The van der Waals surface area contributed by atoms with Crippen molar-refractivity contribution in [1.29, 1.82) is 0 Å². The summed E-state index contributed by atoms with van der Waals surface area (Å²) in [5, 5.41) is 3.46. The maximum absolute atomic E-state index is 4.51. The van der Waals surface area contributed by atoms with Gasteiger partial charge in [0.25, 0.3) is 0 Å². The number of hydrogen-bond donors (Lipinski definition) is 1. The first-order valence-electron chi connectivity index (χ1n) is 7.66. The fourth-order valence-corrected chi connectivity index (χ4v) is 3.05. The predicted molar refractivity (Wildman–Crippen MR) is 81.6 cm³/mol. The molecule has 0 radical (unpaired) electrons. The Hall–Kier alpha value is -1.71. The van der Waals surface area contributed by atoms with Crippen molar-refractivity contribution in [3.05, 3.63) is 24.5 Å². The molecule has 2 aromatic heterocycles.